The first-order valence-corrected chi connectivity index (χ1v) is 9.21. The first kappa shape index (κ1) is 13.3. The maximum Gasteiger partial charge on any atom is 0.256 e. The molecule has 2 aromatic rings. The van der Waals surface area contributed by atoms with Gasteiger partial charge in [0.25, 0.3) is 5.91 Å². The van der Waals surface area contributed by atoms with Crippen molar-refractivity contribution in [3.05, 3.63) is 38.4 Å². The minimum atomic E-state index is -0.0768. The molecule has 1 aliphatic carbocycles. The molecule has 2 atom stereocenters. The summed E-state index contributed by atoms with van der Waals surface area (Å²) < 4.78 is 0. The highest BCUT2D eigenvalue weighted by atomic mass is 32.1. The van der Waals surface area contributed by atoms with E-state index in [-0.39, 0.29) is 12.1 Å². The van der Waals surface area contributed by atoms with Crippen molar-refractivity contribution in [3.63, 3.8) is 0 Å². The molecule has 3 heterocycles. The third kappa shape index (κ3) is 2.19. The number of rotatable bonds is 2. The molecule has 2 aliphatic rings. The molecule has 21 heavy (non-hydrogen) atoms. The predicted octanol–water partition coefficient (Wildman–Crippen LogP) is 4.18. The zero-order chi connectivity index (χ0) is 14.4. The summed E-state index contributed by atoms with van der Waals surface area (Å²) in [5, 5.41) is 9.73. The van der Waals surface area contributed by atoms with E-state index in [0.717, 1.165) is 34.2 Å². The molecule has 0 spiro atoms. The maximum absolute atomic E-state index is 12.5. The van der Waals surface area contributed by atoms with E-state index in [1.807, 2.05) is 11.4 Å². The molecule has 0 saturated carbocycles. The van der Waals surface area contributed by atoms with Gasteiger partial charge in [-0.15, -0.1) is 22.7 Å². The van der Waals surface area contributed by atoms with Crippen LogP contribution in [0.1, 0.15) is 51.6 Å². The summed E-state index contributed by atoms with van der Waals surface area (Å²) in [5.41, 5.74) is 2.21. The van der Waals surface area contributed by atoms with Gasteiger partial charge in [-0.25, -0.2) is 0 Å². The summed E-state index contributed by atoms with van der Waals surface area (Å²) in [4.78, 5) is 15.1. The summed E-state index contributed by atoms with van der Waals surface area (Å²) in [6, 6.07) is 4.09. The fourth-order valence-electron chi connectivity index (χ4n) is 3.31. The standard InChI is InChI=1S/C16H18N2OS2/c1-2-9-5-6-10-12(8-9)21-16-13(10)15(19)17-14(18-16)11-4-3-7-20-11/h3-4,7,9,14,18H,2,5-6,8H2,1H3,(H,17,19)/t9-,14+/m1/s1. The summed E-state index contributed by atoms with van der Waals surface area (Å²) in [6.07, 6.45) is 4.57. The fraction of sp³-hybridized carbons (Fsp3) is 0.438. The molecule has 0 unspecified atom stereocenters. The van der Waals surface area contributed by atoms with Crippen LogP contribution in [-0.2, 0) is 12.8 Å². The Morgan fingerprint density at radius 3 is 3.05 bits per heavy atom. The summed E-state index contributed by atoms with van der Waals surface area (Å²) in [7, 11) is 0. The Bertz CT molecular complexity index is 675. The van der Waals surface area contributed by atoms with E-state index in [0.29, 0.717) is 0 Å². The lowest BCUT2D eigenvalue weighted by atomic mass is 9.85. The molecule has 1 amide bonds. The van der Waals surface area contributed by atoms with Crippen LogP contribution in [0.5, 0.6) is 0 Å². The normalized spacial score (nSPS) is 24.0. The van der Waals surface area contributed by atoms with Gasteiger partial charge < -0.3 is 10.6 Å². The first-order valence-electron chi connectivity index (χ1n) is 7.51. The molecule has 4 rings (SSSR count). The Labute approximate surface area is 132 Å². The lowest BCUT2D eigenvalue weighted by molar-refractivity contribution is 0.0935. The average Bonchev–Trinajstić information content (AvgIpc) is 3.13. The molecule has 0 aromatic carbocycles. The van der Waals surface area contributed by atoms with Crippen molar-refractivity contribution < 1.29 is 4.79 Å². The van der Waals surface area contributed by atoms with Crippen molar-refractivity contribution in [1.29, 1.82) is 0 Å². The van der Waals surface area contributed by atoms with Crippen molar-refractivity contribution in [2.75, 3.05) is 5.32 Å². The molecule has 3 nitrogen and oxygen atoms in total. The van der Waals surface area contributed by atoms with Crippen LogP contribution in [0.25, 0.3) is 0 Å². The second-order valence-corrected chi connectivity index (χ2v) is 7.88. The topological polar surface area (TPSA) is 41.1 Å². The van der Waals surface area contributed by atoms with Crippen molar-refractivity contribution in [3.8, 4) is 0 Å². The van der Waals surface area contributed by atoms with E-state index in [1.54, 1.807) is 22.7 Å². The van der Waals surface area contributed by atoms with Gasteiger partial charge >= 0.3 is 0 Å². The van der Waals surface area contributed by atoms with Gasteiger partial charge in [-0.1, -0.05) is 19.4 Å². The molecule has 0 radical (unpaired) electrons. The van der Waals surface area contributed by atoms with Gasteiger partial charge in [0.1, 0.15) is 11.2 Å². The van der Waals surface area contributed by atoms with E-state index in [2.05, 4.69) is 23.6 Å². The molecule has 2 N–H and O–H groups in total. The lowest BCUT2D eigenvalue weighted by Crippen LogP contribution is -2.37. The van der Waals surface area contributed by atoms with Crippen LogP contribution in [0.2, 0.25) is 0 Å². The minimum absolute atomic E-state index is 0.0768. The monoisotopic (exact) mass is 318 g/mol. The third-order valence-electron chi connectivity index (χ3n) is 4.55. The third-order valence-corrected chi connectivity index (χ3v) is 6.67. The summed E-state index contributed by atoms with van der Waals surface area (Å²) in [6.45, 7) is 2.26. The van der Waals surface area contributed by atoms with Crippen LogP contribution < -0.4 is 10.6 Å². The smallest absolute Gasteiger partial charge is 0.256 e. The van der Waals surface area contributed by atoms with Crippen molar-refractivity contribution in [2.24, 2.45) is 5.92 Å². The van der Waals surface area contributed by atoms with Crippen LogP contribution in [0.4, 0.5) is 5.00 Å². The van der Waals surface area contributed by atoms with Crippen molar-refractivity contribution in [1.82, 2.24) is 5.32 Å². The van der Waals surface area contributed by atoms with Gasteiger partial charge in [0, 0.05) is 9.75 Å². The number of thiophene rings is 2. The Hall–Kier alpha value is -1.33. The zero-order valence-electron chi connectivity index (χ0n) is 11.9. The number of nitrogens with one attached hydrogen (secondary N) is 2. The fourth-order valence-corrected chi connectivity index (χ4v) is 5.43. The van der Waals surface area contributed by atoms with Crippen LogP contribution in [0.15, 0.2) is 17.5 Å². The van der Waals surface area contributed by atoms with Gasteiger partial charge in [-0.2, -0.15) is 0 Å². The van der Waals surface area contributed by atoms with E-state index in [4.69, 9.17) is 0 Å². The van der Waals surface area contributed by atoms with E-state index in [1.165, 1.54) is 23.3 Å². The van der Waals surface area contributed by atoms with Crippen molar-refractivity contribution in [2.45, 2.75) is 38.8 Å². The molecule has 0 fully saturated rings. The van der Waals surface area contributed by atoms with E-state index >= 15 is 0 Å². The number of carbonyl (C=O) groups is 1. The Kier molecular flexibility index (Phi) is 3.27. The van der Waals surface area contributed by atoms with Gasteiger partial charge in [-0.05, 0) is 42.2 Å². The molecule has 5 heteroatoms. The molecule has 0 saturated heterocycles. The highest BCUT2D eigenvalue weighted by Crippen LogP contribution is 2.43. The molecular weight excluding hydrogens is 300 g/mol. The van der Waals surface area contributed by atoms with Gasteiger partial charge in [0.2, 0.25) is 0 Å². The predicted molar refractivity (Wildman–Crippen MR) is 88.3 cm³/mol. The Morgan fingerprint density at radius 2 is 2.29 bits per heavy atom. The largest absolute Gasteiger partial charge is 0.352 e. The van der Waals surface area contributed by atoms with Crippen LogP contribution in [0.3, 0.4) is 0 Å². The molecule has 0 bridgehead atoms. The lowest BCUT2D eigenvalue weighted by Gasteiger charge is -2.26. The summed E-state index contributed by atoms with van der Waals surface area (Å²) in [5.74, 6) is 0.878. The van der Waals surface area contributed by atoms with Crippen LogP contribution >= 0.6 is 22.7 Å². The Morgan fingerprint density at radius 1 is 1.38 bits per heavy atom. The van der Waals surface area contributed by atoms with Gasteiger partial charge in [-0.3, -0.25) is 4.79 Å². The quantitative estimate of drug-likeness (QED) is 0.872. The second kappa shape index (κ2) is 5.14. The number of fused-ring (bicyclic) bond motifs is 3. The summed E-state index contributed by atoms with van der Waals surface area (Å²) >= 11 is 3.47. The van der Waals surface area contributed by atoms with E-state index in [9.17, 15) is 4.79 Å². The number of hydrogen-bond donors (Lipinski definition) is 2. The van der Waals surface area contributed by atoms with Crippen LogP contribution in [-0.4, -0.2) is 5.91 Å². The average molecular weight is 318 g/mol. The number of anilines is 1. The van der Waals surface area contributed by atoms with Gasteiger partial charge in [0.15, 0.2) is 0 Å². The van der Waals surface area contributed by atoms with E-state index < -0.39 is 0 Å². The first-order chi connectivity index (χ1) is 10.3. The highest BCUT2D eigenvalue weighted by Gasteiger charge is 2.33. The molecule has 110 valence electrons. The molecule has 1 aliphatic heterocycles. The number of amides is 1. The van der Waals surface area contributed by atoms with Gasteiger partial charge in [0.05, 0.1) is 5.56 Å². The maximum atomic E-state index is 12.5. The molecule has 2 aromatic heterocycles. The highest BCUT2D eigenvalue weighted by molar-refractivity contribution is 7.16. The second-order valence-electron chi connectivity index (χ2n) is 5.79. The Balaban J connectivity index is 1.69. The van der Waals surface area contributed by atoms with Crippen molar-refractivity contribution >= 4 is 33.6 Å². The SMILES string of the molecule is CC[C@@H]1CCc2c(sc3c2C(=O)N[C@H](c2cccs2)N3)C1. The van der Waals surface area contributed by atoms with Crippen LogP contribution in [0, 0.1) is 5.92 Å². The molecular formula is C16H18N2OS2. The number of carbonyl (C=O) groups excluding carboxylic acids is 1. The minimum Gasteiger partial charge on any atom is -0.352 e. The number of hydrogen-bond acceptors (Lipinski definition) is 4. The zero-order valence-corrected chi connectivity index (χ0v) is 13.6.